The Labute approximate surface area is 161 Å². The number of methoxy groups -OCH3 is 1. The first-order chi connectivity index (χ1) is 13.6. The lowest BCUT2D eigenvalue weighted by molar-refractivity contribution is -0.135. The van der Waals surface area contributed by atoms with Crippen molar-refractivity contribution in [3.05, 3.63) is 52.7 Å². The lowest BCUT2D eigenvalue weighted by Crippen LogP contribution is -2.50. The Kier molecular flexibility index (Phi) is 4.82. The number of nitrogens with one attached hydrogen (secondary N) is 1. The molecule has 9 heteroatoms. The van der Waals surface area contributed by atoms with Gasteiger partial charge in [0.2, 0.25) is 5.91 Å². The van der Waals surface area contributed by atoms with Gasteiger partial charge in [0, 0.05) is 32.2 Å². The molecule has 0 bridgehead atoms. The van der Waals surface area contributed by atoms with E-state index in [-0.39, 0.29) is 24.1 Å². The zero-order valence-electron chi connectivity index (χ0n) is 15.8. The van der Waals surface area contributed by atoms with Crippen LogP contribution in [0.3, 0.4) is 0 Å². The molecule has 0 aliphatic carbocycles. The Balaban J connectivity index is 1.63. The van der Waals surface area contributed by atoms with Crippen molar-refractivity contribution in [3.8, 4) is 5.75 Å². The molecule has 3 heterocycles. The van der Waals surface area contributed by atoms with Crippen LogP contribution in [0.15, 0.2) is 41.6 Å². The molecular weight excluding hydrogens is 360 g/mol. The van der Waals surface area contributed by atoms with Crippen molar-refractivity contribution in [1.82, 2.24) is 29.5 Å². The number of ether oxygens (including phenoxy) is 1. The molecule has 2 aromatic heterocycles. The summed E-state index contributed by atoms with van der Waals surface area (Å²) in [4.78, 5) is 31.8. The fraction of sp³-hybridized carbons (Fsp3) is 0.368. The maximum atomic E-state index is 13.1. The van der Waals surface area contributed by atoms with Crippen molar-refractivity contribution in [3.63, 3.8) is 0 Å². The number of fused-ring (bicyclic) bond motifs is 1. The molecule has 1 atom stereocenters. The second-order valence-electron chi connectivity index (χ2n) is 6.73. The maximum Gasteiger partial charge on any atom is 0.264 e. The Morgan fingerprint density at radius 3 is 3.00 bits per heavy atom. The van der Waals surface area contributed by atoms with Gasteiger partial charge in [-0.15, -0.1) is 0 Å². The summed E-state index contributed by atoms with van der Waals surface area (Å²) in [5.74, 6) is 0.606. The molecule has 146 valence electrons. The quantitative estimate of drug-likeness (QED) is 0.698. The van der Waals surface area contributed by atoms with E-state index in [1.807, 2.05) is 24.3 Å². The van der Waals surface area contributed by atoms with E-state index in [9.17, 15) is 9.59 Å². The van der Waals surface area contributed by atoms with Crippen LogP contribution in [0.5, 0.6) is 5.75 Å². The van der Waals surface area contributed by atoms with Gasteiger partial charge in [-0.1, -0.05) is 18.2 Å². The molecule has 3 aromatic rings. The van der Waals surface area contributed by atoms with Crippen LogP contribution in [0.2, 0.25) is 0 Å². The maximum absolute atomic E-state index is 13.1. The van der Waals surface area contributed by atoms with Crippen molar-refractivity contribution in [2.24, 2.45) is 7.05 Å². The summed E-state index contributed by atoms with van der Waals surface area (Å²) in [5, 5.41) is 7.79. The van der Waals surface area contributed by atoms with Crippen LogP contribution in [0, 0.1) is 0 Å². The topological polar surface area (TPSA) is 94.3 Å². The van der Waals surface area contributed by atoms with E-state index in [4.69, 9.17) is 4.74 Å². The molecule has 0 saturated carbocycles. The number of benzene rings is 1. The van der Waals surface area contributed by atoms with Crippen molar-refractivity contribution >= 4 is 16.9 Å². The first-order valence-electron chi connectivity index (χ1n) is 9.10. The number of amides is 1. The average Bonchev–Trinajstić information content (AvgIpc) is 3.11. The molecule has 1 unspecified atom stereocenters. The van der Waals surface area contributed by atoms with Crippen LogP contribution in [0.25, 0.3) is 11.0 Å². The Bertz CT molecular complexity index is 1070. The number of piperazine rings is 1. The number of aryl methyl sites for hydroxylation is 1. The minimum absolute atomic E-state index is 0.0671. The molecule has 1 aliphatic rings. The van der Waals surface area contributed by atoms with Gasteiger partial charge in [0.25, 0.3) is 5.56 Å². The number of carbonyl (C=O) groups is 1. The van der Waals surface area contributed by atoms with Gasteiger partial charge in [-0.05, 0) is 6.07 Å². The van der Waals surface area contributed by atoms with Crippen LogP contribution < -0.4 is 15.6 Å². The van der Waals surface area contributed by atoms with Crippen molar-refractivity contribution in [1.29, 1.82) is 0 Å². The number of para-hydroxylation sites is 1. The van der Waals surface area contributed by atoms with Crippen molar-refractivity contribution in [2.75, 3.05) is 26.7 Å². The third kappa shape index (κ3) is 3.13. The van der Waals surface area contributed by atoms with Crippen LogP contribution in [0.1, 0.15) is 11.6 Å². The number of rotatable bonds is 4. The molecule has 1 N–H and O–H groups in total. The summed E-state index contributed by atoms with van der Waals surface area (Å²) in [6, 6.07) is 7.52. The van der Waals surface area contributed by atoms with E-state index >= 15 is 0 Å². The lowest BCUT2D eigenvalue weighted by Gasteiger charge is -2.37. The molecular formula is C19H22N6O3. The first kappa shape index (κ1) is 18.2. The Morgan fingerprint density at radius 2 is 2.18 bits per heavy atom. The molecule has 9 nitrogen and oxygen atoms in total. The molecule has 0 radical (unpaired) electrons. The van der Waals surface area contributed by atoms with Gasteiger partial charge in [-0.3, -0.25) is 18.8 Å². The molecule has 1 aromatic carbocycles. The van der Waals surface area contributed by atoms with Crippen molar-refractivity contribution < 1.29 is 9.53 Å². The van der Waals surface area contributed by atoms with Crippen LogP contribution in [-0.4, -0.2) is 56.9 Å². The summed E-state index contributed by atoms with van der Waals surface area (Å²) < 4.78 is 8.35. The highest BCUT2D eigenvalue weighted by atomic mass is 16.5. The van der Waals surface area contributed by atoms with E-state index in [1.54, 1.807) is 19.1 Å². The van der Waals surface area contributed by atoms with E-state index in [2.05, 4.69) is 15.4 Å². The number of hydrogen-bond donors (Lipinski definition) is 1. The van der Waals surface area contributed by atoms with Gasteiger partial charge in [-0.2, -0.15) is 5.10 Å². The lowest BCUT2D eigenvalue weighted by atomic mass is 10.0. The summed E-state index contributed by atoms with van der Waals surface area (Å²) in [6.45, 7) is 1.81. The van der Waals surface area contributed by atoms with Crippen LogP contribution >= 0.6 is 0 Å². The smallest absolute Gasteiger partial charge is 0.264 e. The van der Waals surface area contributed by atoms with Crippen LogP contribution in [0.4, 0.5) is 0 Å². The Hall–Kier alpha value is -3.20. The Morgan fingerprint density at radius 1 is 1.36 bits per heavy atom. The predicted octanol–water partition coefficient (Wildman–Crippen LogP) is 0.312. The highest BCUT2D eigenvalue weighted by Gasteiger charge is 2.30. The number of aromatic nitrogens is 4. The van der Waals surface area contributed by atoms with Gasteiger partial charge in [0.15, 0.2) is 5.65 Å². The van der Waals surface area contributed by atoms with Gasteiger partial charge in [-0.25, -0.2) is 4.98 Å². The van der Waals surface area contributed by atoms with Gasteiger partial charge < -0.3 is 15.0 Å². The van der Waals surface area contributed by atoms with Gasteiger partial charge in [0.05, 0.1) is 19.3 Å². The number of hydrogen-bond acceptors (Lipinski definition) is 6. The van der Waals surface area contributed by atoms with E-state index in [1.165, 1.54) is 21.8 Å². The zero-order chi connectivity index (χ0) is 19.7. The highest BCUT2D eigenvalue weighted by molar-refractivity contribution is 5.78. The molecule has 1 amide bonds. The van der Waals surface area contributed by atoms with Crippen LogP contribution in [-0.2, 0) is 18.4 Å². The monoisotopic (exact) mass is 382 g/mol. The second kappa shape index (κ2) is 7.43. The first-order valence-corrected chi connectivity index (χ1v) is 9.10. The van der Waals surface area contributed by atoms with Crippen molar-refractivity contribution in [2.45, 2.75) is 12.6 Å². The largest absolute Gasteiger partial charge is 0.496 e. The molecule has 28 heavy (non-hydrogen) atoms. The minimum atomic E-state index is -0.268. The minimum Gasteiger partial charge on any atom is -0.496 e. The van der Waals surface area contributed by atoms with Gasteiger partial charge >= 0.3 is 0 Å². The molecule has 0 spiro atoms. The van der Waals surface area contributed by atoms with Gasteiger partial charge in [0.1, 0.15) is 24.0 Å². The van der Waals surface area contributed by atoms with E-state index < -0.39 is 0 Å². The fourth-order valence-electron chi connectivity index (χ4n) is 3.64. The standard InChI is InChI=1S/C19H22N6O3/c1-23-18-14(9-22-23)19(27)24(12-21-18)11-17(26)25-8-7-20-10-15(25)13-5-3-4-6-16(13)28-2/h3-6,9,12,15,20H,7-8,10-11H2,1-2H3. The number of nitrogens with zero attached hydrogens (tertiary/aromatic N) is 5. The average molecular weight is 382 g/mol. The third-order valence-corrected chi connectivity index (χ3v) is 5.09. The highest BCUT2D eigenvalue weighted by Crippen LogP contribution is 2.30. The molecule has 1 fully saturated rings. The summed E-state index contributed by atoms with van der Waals surface area (Å²) >= 11 is 0. The fourth-order valence-corrected chi connectivity index (χ4v) is 3.64. The third-order valence-electron chi connectivity index (χ3n) is 5.09. The summed E-state index contributed by atoms with van der Waals surface area (Å²) in [6.07, 6.45) is 2.89. The SMILES string of the molecule is COc1ccccc1C1CNCCN1C(=O)Cn1cnc2c(cnn2C)c1=O. The predicted molar refractivity (Wildman–Crippen MR) is 103 cm³/mol. The second-order valence-corrected chi connectivity index (χ2v) is 6.73. The zero-order valence-corrected chi connectivity index (χ0v) is 15.8. The summed E-state index contributed by atoms with van der Waals surface area (Å²) in [5.41, 5.74) is 1.18. The normalized spacial score (nSPS) is 17.1. The molecule has 4 rings (SSSR count). The number of carbonyl (C=O) groups excluding carboxylic acids is 1. The molecule has 1 saturated heterocycles. The van der Waals surface area contributed by atoms with E-state index in [0.29, 0.717) is 30.7 Å². The summed E-state index contributed by atoms with van der Waals surface area (Å²) in [7, 11) is 3.35. The van der Waals surface area contributed by atoms with E-state index in [0.717, 1.165) is 11.3 Å². The molecule has 1 aliphatic heterocycles.